The fraction of sp³-hybridized carbons (Fsp3) is 0.667. The molecular weight excluding hydrogens is 214 g/mol. The smallest absolute Gasteiger partial charge is 0.188 e. The van der Waals surface area contributed by atoms with Gasteiger partial charge in [-0.3, -0.25) is 9.67 Å². The second-order valence-corrected chi connectivity index (χ2v) is 4.62. The summed E-state index contributed by atoms with van der Waals surface area (Å²) in [6, 6.07) is 2.55. The molecule has 5 heteroatoms. The first kappa shape index (κ1) is 12.0. The number of nitrogens with one attached hydrogen (secondary N) is 1. The number of rotatable bonds is 4. The van der Waals surface area contributed by atoms with Gasteiger partial charge in [0.1, 0.15) is 0 Å². The molecule has 0 atom stereocenters. The zero-order valence-corrected chi connectivity index (χ0v) is 10.4. The lowest BCUT2D eigenvalue weighted by Gasteiger charge is -2.11. The lowest BCUT2D eigenvalue weighted by Crippen LogP contribution is -2.38. The minimum atomic E-state index is 0.536. The number of guanidine groups is 1. The molecule has 0 bridgehead atoms. The van der Waals surface area contributed by atoms with Crippen LogP contribution < -0.4 is 11.1 Å². The van der Waals surface area contributed by atoms with E-state index in [2.05, 4.69) is 15.4 Å². The Kier molecular flexibility index (Phi) is 4.01. The van der Waals surface area contributed by atoms with Gasteiger partial charge in [0.2, 0.25) is 0 Å². The summed E-state index contributed by atoms with van der Waals surface area (Å²) in [6.45, 7) is 0.697. The lowest BCUT2D eigenvalue weighted by atomic mass is 10.2. The summed E-state index contributed by atoms with van der Waals surface area (Å²) in [5.74, 6) is 0.577. The fourth-order valence-electron chi connectivity index (χ4n) is 2.21. The average Bonchev–Trinajstić information content (AvgIpc) is 2.90. The van der Waals surface area contributed by atoms with Crippen molar-refractivity contribution in [2.45, 2.75) is 38.1 Å². The van der Waals surface area contributed by atoms with Crippen LogP contribution >= 0.6 is 0 Å². The molecule has 94 valence electrons. The van der Waals surface area contributed by atoms with Crippen LogP contribution in [0.1, 0.15) is 31.4 Å². The molecule has 1 fully saturated rings. The maximum Gasteiger partial charge on any atom is 0.188 e. The van der Waals surface area contributed by atoms with Crippen LogP contribution in [0, 0.1) is 0 Å². The average molecular weight is 235 g/mol. The van der Waals surface area contributed by atoms with E-state index in [0.717, 1.165) is 12.1 Å². The van der Waals surface area contributed by atoms with Gasteiger partial charge in [0.05, 0.1) is 5.69 Å². The predicted molar refractivity (Wildman–Crippen MR) is 68.8 cm³/mol. The third-order valence-corrected chi connectivity index (χ3v) is 3.13. The van der Waals surface area contributed by atoms with Crippen LogP contribution in [-0.2, 0) is 13.5 Å². The molecule has 1 saturated carbocycles. The Labute approximate surface area is 102 Å². The second-order valence-electron chi connectivity index (χ2n) is 4.62. The van der Waals surface area contributed by atoms with E-state index in [1.165, 1.54) is 25.7 Å². The van der Waals surface area contributed by atoms with Gasteiger partial charge in [-0.1, -0.05) is 12.8 Å². The molecule has 1 aliphatic carbocycles. The maximum atomic E-state index is 5.84. The van der Waals surface area contributed by atoms with Crippen LogP contribution in [-0.4, -0.2) is 28.3 Å². The molecule has 5 nitrogen and oxygen atoms in total. The molecule has 1 aromatic rings. The molecule has 0 amide bonds. The molecule has 17 heavy (non-hydrogen) atoms. The minimum absolute atomic E-state index is 0.536. The molecule has 2 rings (SSSR count). The van der Waals surface area contributed by atoms with Crippen molar-refractivity contribution in [1.29, 1.82) is 0 Å². The van der Waals surface area contributed by atoms with E-state index in [-0.39, 0.29) is 0 Å². The van der Waals surface area contributed by atoms with Gasteiger partial charge in [0, 0.05) is 32.3 Å². The van der Waals surface area contributed by atoms with E-state index in [0.29, 0.717) is 18.5 Å². The Morgan fingerprint density at radius 2 is 2.35 bits per heavy atom. The van der Waals surface area contributed by atoms with Gasteiger partial charge in [-0.15, -0.1) is 0 Å². The largest absolute Gasteiger partial charge is 0.370 e. The van der Waals surface area contributed by atoms with E-state index in [1.807, 2.05) is 19.3 Å². The van der Waals surface area contributed by atoms with Crippen LogP contribution in [0.5, 0.6) is 0 Å². The summed E-state index contributed by atoms with van der Waals surface area (Å²) < 4.78 is 1.80. The highest BCUT2D eigenvalue weighted by molar-refractivity contribution is 5.78. The standard InChI is InChI=1S/C12H21N5/c1-17-9-7-11(16-17)6-8-14-12(13)15-10-4-2-3-5-10/h7,9-10H,2-6,8H2,1H3,(H3,13,14,15). The second kappa shape index (κ2) is 5.70. The lowest BCUT2D eigenvalue weighted by molar-refractivity contribution is 0.625. The molecule has 1 aliphatic rings. The number of aryl methyl sites for hydroxylation is 1. The SMILES string of the molecule is Cn1ccc(CCN=C(N)NC2CCCC2)n1. The summed E-state index contributed by atoms with van der Waals surface area (Å²) in [7, 11) is 1.92. The van der Waals surface area contributed by atoms with E-state index >= 15 is 0 Å². The summed E-state index contributed by atoms with van der Waals surface area (Å²) >= 11 is 0. The first-order chi connectivity index (χ1) is 8.24. The first-order valence-corrected chi connectivity index (χ1v) is 6.29. The number of hydrogen-bond donors (Lipinski definition) is 2. The van der Waals surface area contributed by atoms with E-state index < -0.39 is 0 Å². The topological polar surface area (TPSA) is 68.2 Å². The summed E-state index contributed by atoms with van der Waals surface area (Å²) in [5, 5.41) is 7.57. The molecule has 0 radical (unpaired) electrons. The van der Waals surface area contributed by atoms with Crippen molar-refractivity contribution in [2.24, 2.45) is 17.8 Å². The highest BCUT2D eigenvalue weighted by Crippen LogP contribution is 2.17. The van der Waals surface area contributed by atoms with Gasteiger partial charge < -0.3 is 11.1 Å². The van der Waals surface area contributed by atoms with Gasteiger partial charge in [-0.25, -0.2) is 0 Å². The number of nitrogens with zero attached hydrogens (tertiary/aromatic N) is 3. The molecule has 3 N–H and O–H groups in total. The predicted octanol–water partition coefficient (Wildman–Crippen LogP) is 0.809. The molecule has 0 unspecified atom stereocenters. The Morgan fingerprint density at radius 3 is 3.00 bits per heavy atom. The van der Waals surface area contributed by atoms with Gasteiger partial charge in [-0.2, -0.15) is 5.10 Å². The summed E-state index contributed by atoms with van der Waals surface area (Å²) in [6.07, 6.45) is 7.83. The fourth-order valence-corrected chi connectivity index (χ4v) is 2.21. The highest BCUT2D eigenvalue weighted by atomic mass is 15.2. The molecular formula is C12H21N5. The van der Waals surface area contributed by atoms with Crippen molar-refractivity contribution in [3.05, 3.63) is 18.0 Å². The van der Waals surface area contributed by atoms with E-state index in [9.17, 15) is 0 Å². The van der Waals surface area contributed by atoms with Crippen molar-refractivity contribution >= 4 is 5.96 Å². The molecule has 0 aliphatic heterocycles. The third-order valence-electron chi connectivity index (χ3n) is 3.13. The monoisotopic (exact) mass is 235 g/mol. The Bertz CT molecular complexity index is 376. The minimum Gasteiger partial charge on any atom is -0.370 e. The van der Waals surface area contributed by atoms with E-state index in [4.69, 9.17) is 5.73 Å². The van der Waals surface area contributed by atoms with Crippen molar-refractivity contribution in [1.82, 2.24) is 15.1 Å². The van der Waals surface area contributed by atoms with E-state index in [1.54, 1.807) is 4.68 Å². The Balaban J connectivity index is 1.72. The van der Waals surface area contributed by atoms with Gasteiger partial charge in [-0.05, 0) is 18.9 Å². The summed E-state index contributed by atoms with van der Waals surface area (Å²) in [5.41, 5.74) is 6.90. The van der Waals surface area contributed by atoms with Crippen molar-refractivity contribution in [3.8, 4) is 0 Å². The maximum absolute atomic E-state index is 5.84. The molecule has 0 saturated heterocycles. The molecule has 0 aromatic carbocycles. The number of aromatic nitrogens is 2. The van der Waals surface area contributed by atoms with Crippen LogP contribution in [0.4, 0.5) is 0 Å². The van der Waals surface area contributed by atoms with Crippen LogP contribution in [0.15, 0.2) is 17.3 Å². The first-order valence-electron chi connectivity index (χ1n) is 6.29. The van der Waals surface area contributed by atoms with Crippen molar-refractivity contribution in [3.63, 3.8) is 0 Å². The molecule has 0 spiro atoms. The zero-order valence-electron chi connectivity index (χ0n) is 10.4. The normalized spacial score (nSPS) is 17.6. The number of hydrogen-bond acceptors (Lipinski definition) is 2. The summed E-state index contributed by atoms with van der Waals surface area (Å²) in [4.78, 5) is 4.33. The quantitative estimate of drug-likeness (QED) is 0.599. The third kappa shape index (κ3) is 3.76. The van der Waals surface area contributed by atoms with Gasteiger partial charge >= 0.3 is 0 Å². The van der Waals surface area contributed by atoms with Crippen LogP contribution in [0.3, 0.4) is 0 Å². The van der Waals surface area contributed by atoms with Crippen molar-refractivity contribution < 1.29 is 0 Å². The Hall–Kier alpha value is -1.52. The van der Waals surface area contributed by atoms with Crippen molar-refractivity contribution in [2.75, 3.05) is 6.54 Å². The molecule has 1 aromatic heterocycles. The van der Waals surface area contributed by atoms with Crippen LogP contribution in [0.2, 0.25) is 0 Å². The number of nitrogens with two attached hydrogens (primary N) is 1. The molecule has 1 heterocycles. The highest BCUT2D eigenvalue weighted by Gasteiger charge is 2.14. The van der Waals surface area contributed by atoms with Gasteiger partial charge in [0.15, 0.2) is 5.96 Å². The van der Waals surface area contributed by atoms with Gasteiger partial charge in [0.25, 0.3) is 0 Å². The zero-order chi connectivity index (χ0) is 12.1. The number of aliphatic imine (C=N–C) groups is 1. The Morgan fingerprint density at radius 1 is 1.59 bits per heavy atom. The van der Waals surface area contributed by atoms with Crippen LogP contribution in [0.25, 0.3) is 0 Å².